The number of unbranched alkanes of at least 4 members (excludes halogenated alkanes) is 1. The lowest BCUT2D eigenvalue weighted by Crippen LogP contribution is -2.23. The molecule has 0 spiro atoms. The second-order valence-corrected chi connectivity index (χ2v) is 5.96. The van der Waals surface area contributed by atoms with Gasteiger partial charge in [-0.1, -0.05) is 19.8 Å². The standard InChI is InChI=1S/C8H17ClO2Si/c1-4-5-6-7(9)8(10)11-12(2)3/h7,12H,4-6H2,1-3H3. The van der Waals surface area contributed by atoms with Gasteiger partial charge in [0, 0.05) is 0 Å². The highest BCUT2D eigenvalue weighted by Crippen LogP contribution is 2.09. The quantitative estimate of drug-likeness (QED) is 0.512. The number of hydrogen-bond acceptors (Lipinski definition) is 2. The minimum atomic E-state index is -1.25. The van der Waals surface area contributed by atoms with Crippen LogP contribution in [0, 0.1) is 0 Å². The Kier molecular flexibility index (Phi) is 6.48. The predicted molar refractivity (Wildman–Crippen MR) is 54.1 cm³/mol. The Morgan fingerprint density at radius 2 is 2.17 bits per heavy atom. The molecule has 0 saturated carbocycles. The molecule has 0 aromatic rings. The summed E-state index contributed by atoms with van der Waals surface area (Å²) in [7, 11) is -1.25. The van der Waals surface area contributed by atoms with Crippen molar-refractivity contribution >= 4 is 26.6 Å². The van der Waals surface area contributed by atoms with Crippen molar-refractivity contribution in [3.8, 4) is 0 Å². The van der Waals surface area contributed by atoms with Crippen LogP contribution in [0.25, 0.3) is 0 Å². The van der Waals surface area contributed by atoms with E-state index in [1.165, 1.54) is 0 Å². The second kappa shape index (κ2) is 6.49. The highest BCUT2D eigenvalue weighted by atomic mass is 35.5. The first-order valence-electron chi connectivity index (χ1n) is 4.42. The smallest absolute Gasteiger partial charge is 0.310 e. The molecule has 1 atom stereocenters. The molecule has 0 N–H and O–H groups in total. The van der Waals surface area contributed by atoms with Crippen molar-refractivity contribution in [1.29, 1.82) is 0 Å². The number of hydrogen-bond donors (Lipinski definition) is 0. The predicted octanol–water partition coefficient (Wildman–Crippen LogP) is 2.31. The fourth-order valence-corrected chi connectivity index (χ4v) is 1.73. The number of carbonyl (C=O) groups is 1. The molecule has 0 aromatic carbocycles. The van der Waals surface area contributed by atoms with E-state index in [1.54, 1.807) is 0 Å². The van der Waals surface area contributed by atoms with E-state index >= 15 is 0 Å². The van der Waals surface area contributed by atoms with Crippen molar-refractivity contribution in [3.05, 3.63) is 0 Å². The molecular formula is C8H17ClO2Si. The van der Waals surface area contributed by atoms with Crippen LogP contribution in [0.15, 0.2) is 0 Å². The Morgan fingerprint density at radius 3 is 2.58 bits per heavy atom. The first kappa shape index (κ1) is 12.0. The van der Waals surface area contributed by atoms with Gasteiger partial charge in [0.2, 0.25) is 9.04 Å². The van der Waals surface area contributed by atoms with Crippen LogP contribution >= 0.6 is 11.6 Å². The van der Waals surface area contributed by atoms with E-state index < -0.39 is 14.4 Å². The van der Waals surface area contributed by atoms with E-state index in [1.807, 2.05) is 13.1 Å². The molecule has 2 nitrogen and oxygen atoms in total. The van der Waals surface area contributed by atoms with Crippen molar-refractivity contribution in [1.82, 2.24) is 0 Å². The monoisotopic (exact) mass is 208 g/mol. The van der Waals surface area contributed by atoms with Crippen molar-refractivity contribution in [3.63, 3.8) is 0 Å². The summed E-state index contributed by atoms with van der Waals surface area (Å²) < 4.78 is 5.08. The Balaban J connectivity index is 3.61. The van der Waals surface area contributed by atoms with Gasteiger partial charge in [0.15, 0.2) is 0 Å². The van der Waals surface area contributed by atoms with Crippen LogP contribution in [0.1, 0.15) is 26.2 Å². The molecule has 0 aliphatic heterocycles. The van der Waals surface area contributed by atoms with Gasteiger partial charge >= 0.3 is 5.97 Å². The summed E-state index contributed by atoms with van der Waals surface area (Å²) in [5, 5.41) is -0.431. The molecule has 0 radical (unpaired) electrons. The van der Waals surface area contributed by atoms with Crippen LogP contribution in [0.2, 0.25) is 13.1 Å². The van der Waals surface area contributed by atoms with Crippen molar-refractivity contribution < 1.29 is 9.22 Å². The third-order valence-corrected chi connectivity index (χ3v) is 2.52. The zero-order valence-electron chi connectivity index (χ0n) is 7.97. The average Bonchev–Trinajstić information content (AvgIpc) is 1.98. The summed E-state index contributed by atoms with van der Waals surface area (Å²) in [6.45, 7) is 5.99. The topological polar surface area (TPSA) is 26.3 Å². The zero-order valence-corrected chi connectivity index (χ0v) is 9.88. The average molecular weight is 209 g/mol. The molecule has 0 aliphatic rings. The first-order valence-corrected chi connectivity index (χ1v) is 7.64. The number of rotatable bonds is 5. The molecule has 0 aromatic heterocycles. The maximum absolute atomic E-state index is 11.1. The van der Waals surface area contributed by atoms with Crippen molar-refractivity contribution in [2.45, 2.75) is 44.7 Å². The van der Waals surface area contributed by atoms with E-state index in [-0.39, 0.29) is 5.97 Å². The van der Waals surface area contributed by atoms with Gasteiger partial charge in [-0.15, -0.1) is 11.6 Å². The minimum Gasteiger partial charge on any atom is -0.521 e. The van der Waals surface area contributed by atoms with Crippen LogP contribution in [0.4, 0.5) is 0 Å². The summed E-state index contributed by atoms with van der Waals surface area (Å²) in [4.78, 5) is 11.1. The fraction of sp³-hybridized carbons (Fsp3) is 0.875. The van der Waals surface area contributed by atoms with Crippen LogP contribution in [-0.2, 0) is 9.22 Å². The SMILES string of the molecule is CCCCC(Cl)C(=O)O[SiH](C)C. The molecule has 0 rings (SSSR count). The Bertz CT molecular complexity index is 139. The normalized spacial score (nSPS) is 13.1. The Labute approximate surface area is 81.0 Å². The third kappa shape index (κ3) is 5.60. The van der Waals surface area contributed by atoms with E-state index in [0.717, 1.165) is 19.3 Å². The van der Waals surface area contributed by atoms with Gasteiger partial charge in [-0.05, 0) is 19.5 Å². The molecule has 0 aliphatic carbocycles. The molecule has 1 unspecified atom stereocenters. The number of halogens is 1. The van der Waals surface area contributed by atoms with Crippen LogP contribution < -0.4 is 0 Å². The zero-order chi connectivity index (χ0) is 9.56. The summed E-state index contributed by atoms with van der Waals surface area (Å²) in [6.07, 6.45) is 2.79. The van der Waals surface area contributed by atoms with Gasteiger partial charge < -0.3 is 4.43 Å². The minimum absolute atomic E-state index is 0.230. The molecule has 12 heavy (non-hydrogen) atoms. The van der Waals surface area contributed by atoms with Gasteiger partial charge in [-0.3, -0.25) is 4.79 Å². The lowest BCUT2D eigenvalue weighted by atomic mass is 10.2. The molecule has 4 heteroatoms. The molecule has 0 amide bonds. The number of carbonyl (C=O) groups excluding carboxylic acids is 1. The van der Waals surface area contributed by atoms with Gasteiger partial charge in [-0.2, -0.15) is 0 Å². The maximum atomic E-state index is 11.1. The number of alkyl halides is 1. The van der Waals surface area contributed by atoms with Gasteiger partial charge in [0.1, 0.15) is 5.38 Å². The lowest BCUT2D eigenvalue weighted by molar-refractivity contribution is -0.134. The molecular weight excluding hydrogens is 192 g/mol. The van der Waals surface area contributed by atoms with E-state index in [0.29, 0.717) is 0 Å². The summed E-state index contributed by atoms with van der Waals surface area (Å²) in [6, 6.07) is 0. The fourth-order valence-electron chi connectivity index (χ4n) is 0.807. The molecule has 0 fully saturated rings. The highest BCUT2D eigenvalue weighted by molar-refractivity contribution is 6.51. The summed E-state index contributed by atoms with van der Waals surface area (Å²) >= 11 is 5.80. The van der Waals surface area contributed by atoms with Gasteiger partial charge in [0.25, 0.3) is 0 Å². The van der Waals surface area contributed by atoms with E-state index in [9.17, 15) is 4.79 Å². The van der Waals surface area contributed by atoms with Crippen LogP contribution in [0.5, 0.6) is 0 Å². The second-order valence-electron chi connectivity index (χ2n) is 3.10. The van der Waals surface area contributed by atoms with E-state index in [2.05, 4.69) is 6.92 Å². The Morgan fingerprint density at radius 1 is 1.58 bits per heavy atom. The highest BCUT2D eigenvalue weighted by Gasteiger charge is 2.16. The molecule has 0 bridgehead atoms. The van der Waals surface area contributed by atoms with Crippen LogP contribution in [0.3, 0.4) is 0 Å². The van der Waals surface area contributed by atoms with Crippen LogP contribution in [-0.4, -0.2) is 20.4 Å². The molecule has 0 heterocycles. The summed E-state index contributed by atoms with van der Waals surface area (Å²) in [5.41, 5.74) is 0. The maximum Gasteiger partial charge on any atom is 0.310 e. The van der Waals surface area contributed by atoms with Gasteiger partial charge in [-0.25, -0.2) is 0 Å². The third-order valence-electron chi connectivity index (χ3n) is 1.42. The first-order chi connectivity index (χ1) is 5.57. The van der Waals surface area contributed by atoms with Crippen molar-refractivity contribution in [2.24, 2.45) is 0 Å². The summed E-state index contributed by atoms with van der Waals surface area (Å²) in [5.74, 6) is -0.230. The van der Waals surface area contributed by atoms with E-state index in [4.69, 9.17) is 16.0 Å². The van der Waals surface area contributed by atoms with Gasteiger partial charge in [0.05, 0.1) is 0 Å². The largest absolute Gasteiger partial charge is 0.521 e. The Hall–Kier alpha value is -0.0231. The lowest BCUT2D eigenvalue weighted by Gasteiger charge is -2.11. The van der Waals surface area contributed by atoms with Crippen molar-refractivity contribution in [2.75, 3.05) is 0 Å². The molecule has 0 saturated heterocycles. The molecule has 72 valence electrons.